The first-order chi connectivity index (χ1) is 9.23. The van der Waals surface area contributed by atoms with E-state index in [4.69, 9.17) is 28.9 Å². The average molecular weight is 339 g/mol. The van der Waals surface area contributed by atoms with Crippen LogP contribution in [0.1, 0.15) is 25.7 Å². The molecular formula is C12H16Cl2N2O3S. The highest BCUT2D eigenvalue weighted by Crippen LogP contribution is 2.33. The SMILES string of the molecule is Nc1cc(Cl)c(S(=O)(=O)NCC2(O)CCCC2)c(Cl)c1. The molecule has 0 spiro atoms. The van der Waals surface area contributed by atoms with E-state index in [0.717, 1.165) is 12.8 Å². The van der Waals surface area contributed by atoms with Crippen LogP contribution in [-0.4, -0.2) is 25.7 Å². The van der Waals surface area contributed by atoms with E-state index >= 15 is 0 Å². The lowest BCUT2D eigenvalue weighted by Crippen LogP contribution is -2.40. The number of anilines is 1. The van der Waals surface area contributed by atoms with E-state index in [1.54, 1.807) is 0 Å². The lowest BCUT2D eigenvalue weighted by molar-refractivity contribution is 0.0532. The van der Waals surface area contributed by atoms with Gasteiger partial charge in [-0.15, -0.1) is 0 Å². The van der Waals surface area contributed by atoms with Crippen LogP contribution in [0.3, 0.4) is 0 Å². The highest BCUT2D eigenvalue weighted by atomic mass is 35.5. The summed E-state index contributed by atoms with van der Waals surface area (Å²) in [5.74, 6) is 0. The van der Waals surface area contributed by atoms with Gasteiger partial charge in [0, 0.05) is 12.2 Å². The minimum absolute atomic E-state index is 0.0408. The van der Waals surface area contributed by atoms with Crippen molar-refractivity contribution in [2.75, 3.05) is 12.3 Å². The summed E-state index contributed by atoms with van der Waals surface area (Å²) in [6.45, 7) is -0.0492. The summed E-state index contributed by atoms with van der Waals surface area (Å²) < 4.78 is 26.9. The van der Waals surface area contributed by atoms with Crippen molar-refractivity contribution in [3.05, 3.63) is 22.2 Å². The molecule has 2 rings (SSSR count). The molecule has 1 aliphatic rings. The van der Waals surface area contributed by atoms with E-state index in [-0.39, 0.29) is 27.2 Å². The Bertz CT molecular complexity index is 590. The number of nitrogens with one attached hydrogen (secondary N) is 1. The topological polar surface area (TPSA) is 92.4 Å². The molecule has 4 N–H and O–H groups in total. The van der Waals surface area contributed by atoms with Gasteiger partial charge in [-0.1, -0.05) is 36.0 Å². The van der Waals surface area contributed by atoms with E-state index < -0.39 is 15.6 Å². The molecule has 1 fully saturated rings. The van der Waals surface area contributed by atoms with Crippen molar-refractivity contribution in [1.29, 1.82) is 0 Å². The Morgan fingerprint density at radius 3 is 2.25 bits per heavy atom. The molecule has 1 aliphatic carbocycles. The first-order valence-electron chi connectivity index (χ1n) is 6.20. The molecule has 0 unspecified atom stereocenters. The van der Waals surface area contributed by atoms with Crippen molar-refractivity contribution < 1.29 is 13.5 Å². The quantitative estimate of drug-likeness (QED) is 0.733. The second-order valence-corrected chi connectivity index (χ2v) is 7.59. The number of hydrogen-bond acceptors (Lipinski definition) is 4. The van der Waals surface area contributed by atoms with Gasteiger partial charge in [-0.25, -0.2) is 13.1 Å². The van der Waals surface area contributed by atoms with Gasteiger partial charge in [0.25, 0.3) is 0 Å². The van der Waals surface area contributed by atoms with Crippen molar-refractivity contribution in [3.8, 4) is 0 Å². The zero-order valence-electron chi connectivity index (χ0n) is 10.7. The minimum Gasteiger partial charge on any atom is -0.399 e. The third kappa shape index (κ3) is 3.38. The molecule has 0 heterocycles. The lowest BCUT2D eigenvalue weighted by Gasteiger charge is -2.22. The van der Waals surface area contributed by atoms with E-state index in [2.05, 4.69) is 4.72 Å². The van der Waals surface area contributed by atoms with E-state index in [1.165, 1.54) is 12.1 Å². The van der Waals surface area contributed by atoms with Crippen molar-refractivity contribution >= 4 is 38.9 Å². The summed E-state index contributed by atoms with van der Waals surface area (Å²) in [6, 6.07) is 2.65. The minimum atomic E-state index is -3.89. The maximum atomic E-state index is 12.3. The summed E-state index contributed by atoms with van der Waals surface area (Å²) in [4.78, 5) is -0.211. The van der Waals surface area contributed by atoms with Gasteiger partial charge in [0.15, 0.2) is 0 Å². The van der Waals surface area contributed by atoms with Crippen molar-refractivity contribution in [2.45, 2.75) is 36.2 Å². The molecule has 5 nitrogen and oxygen atoms in total. The fourth-order valence-corrected chi connectivity index (χ4v) is 4.70. The largest absolute Gasteiger partial charge is 0.399 e. The Balaban J connectivity index is 2.23. The van der Waals surface area contributed by atoms with Gasteiger partial charge in [0.1, 0.15) is 4.90 Å². The molecule has 112 valence electrons. The number of benzene rings is 1. The Labute approximate surface area is 128 Å². The molecule has 0 saturated heterocycles. The van der Waals surface area contributed by atoms with Crippen LogP contribution in [0, 0.1) is 0 Å². The zero-order chi connectivity index (χ0) is 15.0. The normalized spacial score (nSPS) is 18.4. The number of halogens is 2. The molecule has 0 aliphatic heterocycles. The van der Waals surface area contributed by atoms with Gasteiger partial charge in [-0.3, -0.25) is 0 Å². The van der Waals surface area contributed by atoms with Gasteiger partial charge in [0.2, 0.25) is 10.0 Å². The number of hydrogen-bond donors (Lipinski definition) is 3. The molecular weight excluding hydrogens is 323 g/mol. The number of nitrogen functional groups attached to an aromatic ring is 1. The van der Waals surface area contributed by atoms with Crippen molar-refractivity contribution in [2.24, 2.45) is 0 Å². The Hall–Kier alpha value is -0.530. The maximum Gasteiger partial charge on any atom is 0.243 e. The van der Waals surface area contributed by atoms with Gasteiger partial charge >= 0.3 is 0 Å². The van der Waals surface area contributed by atoms with Gasteiger partial charge in [-0.2, -0.15) is 0 Å². The summed E-state index contributed by atoms with van der Waals surface area (Å²) in [5, 5.41) is 10.1. The highest BCUT2D eigenvalue weighted by molar-refractivity contribution is 7.89. The molecule has 1 aromatic carbocycles. The van der Waals surface area contributed by atoms with Crippen LogP contribution in [0.4, 0.5) is 5.69 Å². The van der Waals surface area contributed by atoms with Crippen LogP contribution in [0.2, 0.25) is 10.0 Å². The first kappa shape index (κ1) is 15.9. The van der Waals surface area contributed by atoms with Crippen LogP contribution in [0.15, 0.2) is 17.0 Å². The highest BCUT2D eigenvalue weighted by Gasteiger charge is 2.33. The molecule has 1 saturated carbocycles. The van der Waals surface area contributed by atoms with Crippen LogP contribution < -0.4 is 10.5 Å². The molecule has 8 heteroatoms. The smallest absolute Gasteiger partial charge is 0.243 e. The number of aliphatic hydroxyl groups is 1. The molecule has 0 atom stereocenters. The summed E-state index contributed by atoms with van der Waals surface area (Å²) >= 11 is 11.8. The third-order valence-electron chi connectivity index (χ3n) is 3.41. The monoisotopic (exact) mass is 338 g/mol. The van der Waals surface area contributed by atoms with Crippen molar-refractivity contribution in [3.63, 3.8) is 0 Å². The van der Waals surface area contributed by atoms with Crippen LogP contribution >= 0.6 is 23.2 Å². The number of rotatable bonds is 4. The Morgan fingerprint density at radius 2 is 1.75 bits per heavy atom. The predicted octanol–water partition coefficient (Wildman–Crippen LogP) is 2.16. The standard InChI is InChI=1S/C12H16Cl2N2O3S/c13-9-5-8(15)6-10(14)11(9)20(18,19)16-7-12(17)3-1-2-4-12/h5-6,16-17H,1-4,7,15H2. The van der Waals surface area contributed by atoms with Gasteiger partial charge < -0.3 is 10.8 Å². The fraction of sp³-hybridized carbons (Fsp3) is 0.500. The van der Waals surface area contributed by atoms with E-state index in [9.17, 15) is 13.5 Å². The molecule has 0 aromatic heterocycles. The van der Waals surface area contributed by atoms with E-state index in [0.29, 0.717) is 12.8 Å². The van der Waals surface area contributed by atoms with Crippen molar-refractivity contribution in [1.82, 2.24) is 4.72 Å². The molecule has 0 amide bonds. The number of nitrogens with two attached hydrogens (primary N) is 1. The molecule has 0 radical (unpaired) electrons. The average Bonchev–Trinajstić information content (AvgIpc) is 2.73. The van der Waals surface area contributed by atoms with Crippen LogP contribution in [0.25, 0.3) is 0 Å². The molecule has 1 aromatic rings. The van der Waals surface area contributed by atoms with Gasteiger partial charge in [-0.05, 0) is 25.0 Å². The molecule has 0 bridgehead atoms. The number of sulfonamides is 1. The second kappa shape index (κ2) is 5.69. The lowest BCUT2D eigenvalue weighted by atomic mass is 10.0. The summed E-state index contributed by atoms with van der Waals surface area (Å²) in [5.41, 5.74) is 4.84. The second-order valence-electron chi connectivity index (χ2n) is 5.07. The van der Waals surface area contributed by atoms with E-state index in [1.807, 2.05) is 0 Å². The van der Waals surface area contributed by atoms with Gasteiger partial charge in [0.05, 0.1) is 15.6 Å². The third-order valence-corrected chi connectivity index (χ3v) is 5.74. The van der Waals surface area contributed by atoms with Crippen LogP contribution in [0.5, 0.6) is 0 Å². The predicted molar refractivity (Wildman–Crippen MR) is 79.5 cm³/mol. The Morgan fingerprint density at radius 1 is 1.25 bits per heavy atom. The van der Waals surface area contributed by atoms with Crippen LogP contribution in [-0.2, 0) is 10.0 Å². The summed E-state index contributed by atoms with van der Waals surface area (Å²) in [7, 11) is -3.89. The Kier molecular flexibility index (Phi) is 4.51. The fourth-order valence-electron chi connectivity index (χ4n) is 2.35. The maximum absolute atomic E-state index is 12.3. The molecule has 20 heavy (non-hydrogen) atoms. The summed E-state index contributed by atoms with van der Waals surface area (Å²) in [6.07, 6.45) is 2.95. The first-order valence-corrected chi connectivity index (χ1v) is 8.44. The zero-order valence-corrected chi connectivity index (χ0v) is 13.0.